The van der Waals surface area contributed by atoms with Gasteiger partial charge in [-0.25, -0.2) is 0 Å². The lowest BCUT2D eigenvalue weighted by molar-refractivity contribution is 0.134. The Kier molecular flexibility index (Phi) is 3.47. The van der Waals surface area contributed by atoms with Crippen molar-refractivity contribution < 1.29 is 14.3 Å². The number of aryl methyl sites for hydroxylation is 1. The van der Waals surface area contributed by atoms with E-state index in [1.54, 1.807) is 6.26 Å². The molecule has 1 aromatic carbocycles. The van der Waals surface area contributed by atoms with Gasteiger partial charge in [-0.15, -0.1) is 0 Å². The molecule has 1 aliphatic rings. The first-order valence-corrected chi connectivity index (χ1v) is 7.47. The van der Waals surface area contributed by atoms with Gasteiger partial charge in [-0.3, -0.25) is 0 Å². The fourth-order valence-electron chi connectivity index (χ4n) is 3.51. The second-order valence-corrected chi connectivity index (χ2v) is 5.77. The van der Waals surface area contributed by atoms with Crippen LogP contribution in [-0.4, -0.2) is 11.7 Å². The Morgan fingerprint density at radius 1 is 1.45 bits per heavy atom. The molecule has 1 N–H and O–H groups in total. The predicted molar refractivity (Wildman–Crippen MR) is 79.3 cm³/mol. The summed E-state index contributed by atoms with van der Waals surface area (Å²) in [6.45, 7) is 7.58. The van der Waals surface area contributed by atoms with Crippen molar-refractivity contribution in [1.82, 2.24) is 0 Å². The van der Waals surface area contributed by atoms with E-state index in [9.17, 15) is 5.11 Å². The maximum absolute atomic E-state index is 10.5. The van der Waals surface area contributed by atoms with Crippen LogP contribution in [0.4, 0.5) is 0 Å². The summed E-state index contributed by atoms with van der Waals surface area (Å²) < 4.78 is 11.3. The SMILES string of the molecule is CCOCc1c2c(c(O)c3occ(C)c13)CCC[C@@H]2C. The van der Waals surface area contributed by atoms with Gasteiger partial charge in [-0.1, -0.05) is 6.92 Å². The van der Waals surface area contributed by atoms with E-state index in [4.69, 9.17) is 9.15 Å². The molecule has 0 amide bonds. The maximum Gasteiger partial charge on any atom is 0.176 e. The molecule has 0 saturated carbocycles. The molecule has 1 aromatic heterocycles. The van der Waals surface area contributed by atoms with E-state index in [1.807, 2.05) is 13.8 Å². The Labute approximate surface area is 119 Å². The number of ether oxygens (including phenoxy) is 1. The average Bonchev–Trinajstić information content (AvgIpc) is 2.82. The van der Waals surface area contributed by atoms with Gasteiger partial charge >= 0.3 is 0 Å². The van der Waals surface area contributed by atoms with Crippen molar-refractivity contribution in [3.8, 4) is 5.75 Å². The lowest BCUT2D eigenvalue weighted by Gasteiger charge is -2.27. The fourth-order valence-corrected chi connectivity index (χ4v) is 3.51. The summed E-state index contributed by atoms with van der Waals surface area (Å²) in [6, 6.07) is 0. The zero-order chi connectivity index (χ0) is 14.3. The van der Waals surface area contributed by atoms with Crippen molar-refractivity contribution in [2.24, 2.45) is 0 Å². The van der Waals surface area contributed by atoms with Crippen LogP contribution in [-0.2, 0) is 17.8 Å². The van der Waals surface area contributed by atoms with Crippen LogP contribution in [0.2, 0.25) is 0 Å². The van der Waals surface area contributed by atoms with Gasteiger partial charge in [0.15, 0.2) is 11.3 Å². The first kappa shape index (κ1) is 13.5. The number of aromatic hydroxyl groups is 1. The molecule has 0 bridgehead atoms. The van der Waals surface area contributed by atoms with Crippen molar-refractivity contribution in [2.45, 2.75) is 52.6 Å². The average molecular weight is 274 g/mol. The fraction of sp³-hybridized carbons (Fsp3) is 0.529. The molecule has 20 heavy (non-hydrogen) atoms. The van der Waals surface area contributed by atoms with Crippen LogP contribution < -0.4 is 0 Å². The third-order valence-electron chi connectivity index (χ3n) is 4.44. The second kappa shape index (κ2) is 5.13. The maximum atomic E-state index is 10.5. The number of hydrogen-bond acceptors (Lipinski definition) is 3. The Bertz CT molecular complexity index is 639. The van der Waals surface area contributed by atoms with Crippen LogP contribution in [0.5, 0.6) is 5.75 Å². The molecule has 0 unspecified atom stereocenters. The van der Waals surface area contributed by atoms with Crippen molar-refractivity contribution in [1.29, 1.82) is 0 Å². The largest absolute Gasteiger partial charge is 0.504 e. The molecule has 0 saturated heterocycles. The third kappa shape index (κ3) is 1.92. The van der Waals surface area contributed by atoms with Crippen LogP contribution in [0.15, 0.2) is 10.7 Å². The summed E-state index contributed by atoms with van der Waals surface area (Å²) in [6.07, 6.45) is 4.96. The molecular formula is C17H22O3. The summed E-state index contributed by atoms with van der Waals surface area (Å²) in [4.78, 5) is 0. The highest BCUT2D eigenvalue weighted by Crippen LogP contribution is 2.45. The number of phenolic OH excluding ortho intramolecular Hbond substituents is 1. The predicted octanol–water partition coefficient (Wildman–Crippen LogP) is 4.42. The quantitative estimate of drug-likeness (QED) is 0.900. The van der Waals surface area contributed by atoms with Crippen molar-refractivity contribution in [3.05, 3.63) is 28.5 Å². The van der Waals surface area contributed by atoms with Gasteiger partial charge in [0.2, 0.25) is 0 Å². The number of furan rings is 1. The van der Waals surface area contributed by atoms with Crippen molar-refractivity contribution in [2.75, 3.05) is 6.61 Å². The summed E-state index contributed by atoms with van der Waals surface area (Å²) >= 11 is 0. The molecule has 1 heterocycles. The molecule has 0 aliphatic heterocycles. The van der Waals surface area contributed by atoms with E-state index in [2.05, 4.69) is 6.92 Å². The Morgan fingerprint density at radius 3 is 3.00 bits per heavy atom. The van der Waals surface area contributed by atoms with Gasteiger partial charge in [0.25, 0.3) is 0 Å². The highest BCUT2D eigenvalue weighted by atomic mass is 16.5. The van der Waals surface area contributed by atoms with Gasteiger partial charge in [-0.05, 0) is 55.7 Å². The van der Waals surface area contributed by atoms with E-state index in [1.165, 1.54) is 17.5 Å². The number of rotatable bonds is 3. The minimum atomic E-state index is 0.342. The number of hydrogen-bond donors (Lipinski definition) is 1. The normalized spacial score (nSPS) is 18.4. The molecule has 2 aromatic rings. The van der Waals surface area contributed by atoms with Gasteiger partial charge in [0.05, 0.1) is 12.9 Å². The van der Waals surface area contributed by atoms with E-state index in [-0.39, 0.29) is 0 Å². The number of fused-ring (bicyclic) bond motifs is 2. The molecule has 3 heteroatoms. The minimum Gasteiger partial charge on any atom is -0.504 e. The van der Waals surface area contributed by atoms with Crippen molar-refractivity contribution >= 4 is 11.0 Å². The standard InChI is InChI=1S/C17H22O3/c1-4-19-9-13-14-10(2)6-5-7-12(14)16(18)17-15(13)11(3)8-20-17/h8,10,18H,4-7,9H2,1-3H3/t10-/m0/s1. The number of phenols is 1. The summed E-state index contributed by atoms with van der Waals surface area (Å²) in [5.74, 6) is 0.814. The van der Waals surface area contributed by atoms with Crippen LogP contribution in [0.1, 0.15) is 54.9 Å². The van der Waals surface area contributed by atoms with Crippen LogP contribution in [0, 0.1) is 6.92 Å². The zero-order valence-corrected chi connectivity index (χ0v) is 12.5. The minimum absolute atomic E-state index is 0.342. The van der Waals surface area contributed by atoms with Gasteiger partial charge in [0, 0.05) is 17.6 Å². The second-order valence-electron chi connectivity index (χ2n) is 5.77. The van der Waals surface area contributed by atoms with Crippen LogP contribution in [0.3, 0.4) is 0 Å². The molecule has 0 radical (unpaired) electrons. The summed E-state index contributed by atoms with van der Waals surface area (Å²) in [7, 11) is 0. The van der Waals surface area contributed by atoms with E-state index in [0.717, 1.165) is 29.4 Å². The van der Waals surface area contributed by atoms with Gasteiger partial charge in [-0.2, -0.15) is 0 Å². The first-order valence-electron chi connectivity index (χ1n) is 7.47. The molecule has 108 valence electrons. The smallest absolute Gasteiger partial charge is 0.176 e. The van der Waals surface area contributed by atoms with E-state index < -0.39 is 0 Å². The highest BCUT2D eigenvalue weighted by Gasteiger charge is 2.28. The Balaban J connectivity index is 2.32. The molecular weight excluding hydrogens is 252 g/mol. The molecule has 0 spiro atoms. The van der Waals surface area contributed by atoms with Crippen LogP contribution >= 0.6 is 0 Å². The Morgan fingerprint density at radius 2 is 2.25 bits per heavy atom. The number of benzene rings is 1. The van der Waals surface area contributed by atoms with Crippen molar-refractivity contribution in [3.63, 3.8) is 0 Å². The lowest BCUT2D eigenvalue weighted by Crippen LogP contribution is -2.12. The topological polar surface area (TPSA) is 42.6 Å². The lowest BCUT2D eigenvalue weighted by atomic mass is 9.79. The Hall–Kier alpha value is -1.48. The van der Waals surface area contributed by atoms with E-state index in [0.29, 0.717) is 30.5 Å². The third-order valence-corrected chi connectivity index (χ3v) is 4.44. The molecule has 3 rings (SSSR count). The summed E-state index contributed by atoms with van der Waals surface area (Å²) in [5, 5.41) is 11.6. The molecule has 0 fully saturated rings. The van der Waals surface area contributed by atoms with Crippen LogP contribution in [0.25, 0.3) is 11.0 Å². The highest BCUT2D eigenvalue weighted by molar-refractivity contribution is 5.92. The molecule has 1 atom stereocenters. The first-order chi connectivity index (χ1) is 9.65. The van der Waals surface area contributed by atoms with E-state index >= 15 is 0 Å². The zero-order valence-electron chi connectivity index (χ0n) is 12.5. The summed E-state index contributed by atoms with van der Waals surface area (Å²) in [5.41, 5.74) is 5.28. The molecule has 3 nitrogen and oxygen atoms in total. The molecule has 1 aliphatic carbocycles. The van der Waals surface area contributed by atoms with Gasteiger partial charge < -0.3 is 14.3 Å². The monoisotopic (exact) mass is 274 g/mol. The van der Waals surface area contributed by atoms with Gasteiger partial charge in [0.1, 0.15) is 0 Å².